The molecule has 0 aromatic heterocycles. The lowest BCUT2D eigenvalue weighted by molar-refractivity contribution is -0.123. The summed E-state index contributed by atoms with van der Waals surface area (Å²) in [6, 6.07) is 22.1. The van der Waals surface area contributed by atoms with Crippen LogP contribution in [0.1, 0.15) is 22.3 Å². The number of rotatable bonds is 6. The van der Waals surface area contributed by atoms with Crippen molar-refractivity contribution < 1.29 is 14.3 Å². The number of para-hydroxylation sites is 1. The van der Waals surface area contributed by atoms with E-state index in [-0.39, 0.29) is 18.1 Å². The SMILES string of the molecule is Cc1ccc(COc2ccccc2/C=C2\NC(=O)N(Cc3ccc(Cl)cc3)C2=O)cc1. The first kappa shape index (κ1) is 20.7. The molecule has 1 saturated heterocycles. The van der Waals surface area contributed by atoms with Gasteiger partial charge >= 0.3 is 6.03 Å². The minimum absolute atomic E-state index is 0.171. The monoisotopic (exact) mass is 432 g/mol. The second kappa shape index (κ2) is 9.06. The van der Waals surface area contributed by atoms with Gasteiger partial charge in [0.2, 0.25) is 0 Å². The summed E-state index contributed by atoms with van der Waals surface area (Å²) in [5, 5.41) is 3.26. The smallest absolute Gasteiger partial charge is 0.329 e. The number of ether oxygens (including phenoxy) is 1. The van der Waals surface area contributed by atoms with Gasteiger partial charge in [-0.25, -0.2) is 4.79 Å². The van der Waals surface area contributed by atoms with Crippen molar-refractivity contribution in [2.24, 2.45) is 0 Å². The van der Waals surface area contributed by atoms with E-state index < -0.39 is 6.03 Å². The van der Waals surface area contributed by atoms with E-state index in [0.29, 0.717) is 22.9 Å². The number of benzene rings is 3. The number of imide groups is 1. The lowest BCUT2D eigenvalue weighted by atomic mass is 10.1. The lowest BCUT2D eigenvalue weighted by Gasteiger charge is -2.12. The average molecular weight is 433 g/mol. The van der Waals surface area contributed by atoms with Crippen LogP contribution in [0.2, 0.25) is 5.02 Å². The zero-order valence-electron chi connectivity index (χ0n) is 17.0. The molecule has 1 N–H and O–H groups in total. The summed E-state index contributed by atoms with van der Waals surface area (Å²) < 4.78 is 5.97. The van der Waals surface area contributed by atoms with Crippen LogP contribution in [0.5, 0.6) is 5.75 Å². The maximum Gasteiger partial charge on any atom is 0.329 e. The fourth-order valence-electron chi connectivity index (χ4n) is 3.22. The molecule has 0 unspecified atom stereocenters. The number of carbonyl (C=O) groups is 2. The van der Waals surface area contributed by atoms with E-state index in [1.54, 1.807) is 30.3 Å². The standard InChI is InChI=1S/C25H21ClN2O3/c1-17-6-8-19(9-7-17)16-31-23-5-3-2-4-20(23)14-22-24(29)28(25(30)27-22)15-18-10-12-21(26)13-11-18/h2-14H,15-16H2,1H3,(H,27,30)/b22-14-. The van der Waals surface area contributed by atoms with Gasteiger partial charge in [-0.15, -0.1) is 0 Å². The number of amides is 3. The third-order valence-electron chi connectivity index (χ3n) is 4.95. The Morgan fingerprint density at radius 3 is 2.35 bits per heavy atom. The molecule has 3 amide bonds. The van der Waals surface area contributed by atoms with Crippen LogP contribution in [0.15, 0.2) is 78.5 Å². The number of aryl methyl sites for hydroxylation is 1. The van der Waals surface area contributed by atoms with Gasteiger partial charge in [-0.1, -0.05) is 71.8 Å². The van der Waals surface area contributed by atoms with Crippen LogP contribution in [0, 0.1) is 6.92 Å². The van der Waals surface area contributed by atoms with Crippen molar-refractivity contribution >= 4 is 29.6 Å². The van der Waals surface area contributed by atoms with Crippen LogP contribution in [-0.4, -0.2) is 16.8 Å². The van der Waals surface area contributed by atoms with Crippen LogP contribution in [0.25, 0.3) is 6.08 Å². The molecule has 0 radical (unpaired) electrons. The number of carbonyl (C=O) groups excluding carboxylic acids is 2. The Labute approximate surface area is 185 Å². The maximum absolute atomic E-state index is 12.8. The van der Waals surface area contributed by atoms with Gasteiger partial charge in [-0.05, 0) is 42.3 Å². The molecule has 1 aliphatic rings. The zero-order valence-corrected chi connectivity index (χ0v) is 17.7. The fraction of sp³-hybridized carbons (Fsp3) is 0.120. The lowest BCUT2D eigenvalue weighted by Crippen LogP contribution is -2.30. The Morgan fingerprint density at radius 1 is 0.935 bits per heavy atom. The van der Waals surface area contributed by atoms with Crippen molar-refractivity contribution in [2.75, 3.05) is 0 Å². The minimum atomic E-state index is -0.454. The quantitative estimate of drug-likeness (QED) is 0.423. The van der Waals surface area contributed by atoms with E-state index in [2.05, 4.69) is 5.32 Å². The Kier molecular flexibility index (Phi) is 6.05. The summed E-state index contributed by atoms with van der Waals surface area (Å²) in [7, 11) is 0. The van der Waals surface area contributed by atoms with Gasteiger partial charge in [0.15, 0.2) is 0 Å². The Balaban J connectivity index is 1.50. The normalized spacial score (nSPS) is 14.8. The molecule has 0 spiro atoms. The van der Waals surface area contributed by atoms with Gasteiger partial charge in [0, 0.05) is 10.6 Å². The molecule has 0 saturated carbocycles. The molecule has 156 valence electrons. The number of urea groups is 1. The van der Waals surface area contributed by atoms with E-state index in [4.69, 9.17) is 16.3 Å². The summed E-state index contributed by atoms with van der Waals surface area (Å²) in [5.41, 5.74) is 3.98. The highest BCUT2D eigenvalue weighted by Gasteiger charge is 2.33. The van der Waals surface area contributed by atoms with Gasteiger partial charge in [0.05, 0.1) is 6.54 Å². The van der Waals surface area contributed by atoms with Crippen molar-refractivity contribution in [3.8, 4) is 5.75 Å². The van der Waals surface area contributed by atoms with Crippen LogP contribution in [-0.2, 0) is 17.9 Å². The first-order valence-corrected chi connectivity index (χ1v) is 10.2. The van der Waals surface area contributed by atoms with Crippen LogP contribution < -0.4 is 10.1 Å². The third kappa shape index (κ3) is 4.95. The molecule has 3 aromatic carbocycles. The molecular formula is C25H21ClN2O3. The highest BCUT2D eigenvalue weighted by Crippen LogP contribution is 2.24. The topological polar surface area (TPSA) is 58.6 Å². The van der Waals surface area contributed by atoms with E-state index in [1.807, 2.05) is 55.5 Å². The number of halogens is 1. The molecule has 31 heavy (non-hydrogen) atoms. The second-order valence-corrected chi connectivity index (χ2v) is 7.75. The molecule has 0 bridgehead atoms. The third-order valence-corrected chi connectivity index (χ3v) is 5.20. The van der Waals surface area contributed by atoms with E-state index >= 15 is 0 Å². The second-order valence-electron chi connectivity index (χ2n) is 7.32. The van der Waals surface area contributed by atoms with E-state index in [1.165, 1.54) is 10.5 Å². The van der Waals surface area contributed by atoms with Crippen molar-refractivity contribution in [1.29, 1.82) is 0 Å². The Hall–Kier alpha value is -3.57. The molecule has 6 heteroatoms. The summed E-state index contributed by atoms with van der Waals surface area (Å²) in [5.74, 6) is 0.252. The molecule has 0 atom stereocenters. The van der Waals surface area contributed by atoms with Crippen molar-refractivity contribution in [2.45, 2.75) is 20.1 Å². The molecule has 4 rings (SSSR count). The van der Waals surface area contributed by atoms with Crippen molar-refractivity contribution in [3.05, 3.63) is 106 Å². The Bertz CT molecular complexity index is 1140. The van der Waals surface area contributed by atoms with Gasteiger partial charge in [0.25, 0.3) is 5.91 Å². The number of hydrogen-bond acceptors (Lipinski definition) is 3. The highest BCUT2D eigenvalue weighted by atomic mass is 35.5. The zero-order chi connectivity index (χ0) is 21.8. The van der Waals surface area contributed by atoms with Crippen molar-refractivity contribution in [1.82, 2.24) is 10.2 Å². The van der Waals surface area contributed by atoms with Gasteiger partial charge in [-0.3, -0.25) is 9.69 Å². The average Bonchev–Trinajstić information content (AvgIpc) is 3.03. The predicted octanol–water partition coefficient (Wildman–Crippen LogP) is 5.32. The van der Waals surface area contributed by atoms with Gasteiger partial charge in [0.1, 0.15) is 18.1 Å². The van der Waals surface area contributed by atoms with Crippen LogP contribution >= 0.6 is 11.6 Å². The first-order chi connectivity index (χ1) is 15.0. The largest absolute Gasteiger partial charge is 0.488 e. The molecule has 1 heterocycles. The van der Waals surface area contributed by atoms with E-state index in [9.17, 15) is 9.59 Å². The summed E-state index contributed by atoms with van der Waals surface area (Å²) in [4.78, 5) is 26.4. The molecular weight excluding hydrogens is 412 g/mol. The van der Waals surface area contributed by atoms with Crippen LogP contribution in [0.4, 0.5) is 4.79 Å². The fourth-order valence-corrected chi connectivity index (χ4v) is 3.35. The van der Waals surface area contributed by atoms with E-state index in [0.717, 1.165) is 11.1 Å². The number of nitrogens with one attached hydrogen (secondary N) is 1. The molecule has 3 aromatic rings. The summed E-state index contributed by atoms with van der Waals surface area (Å²) in [6.07, 6.45) is 1.65. The van der Waals surface area contributed by atoms with Crippen molar-refractivity contribution in [3.63, 3.8) is 0 Å². The predicted molar refractivity (Wildman–Crippen MR) is 120 cm³/mol. The number of hydrogen-bond donors (Lipinski definition) is 1. The molecule has 1 aliphatic heterocycles. The number of nitrogens with zero attached hydrogens (tertiary/aromatic N) is 1. The molecule has 5 nitrogen and oxygen atoms in total. The maximum atomic E-state index is 12.8. The summed E-state index contributed by atoms with van der Waals surface area (Å²) in [6.45, 7) is 2.61. The Morgan fingerprint density at radius 2 is 1.61 bits per heavy atom. The highest BCUT2D eigenvalue weighted by molar-refractivity contribution is 6.30. The summed E-state index contributed by atoms with van der Waals surface area (Å²) >= 11 is 5.90. The molecule has 1 fully saturated rings. The minimum Gasteiger partial charge on any atom is -0.488 e. The first-order valence-electron chi connectivity index (χ1n) is 9.86. The van der Waals surface area contributed by atoms with Gasteiger partial charge < -0.3 is 10.1 Å². The van der Waals surface area contributed by atoms with Gasteiger partial charge in [-0.2, -0.15) is 0 Å². The molecule has 0 aliphatic carbocycles. The van der Waals surface area contributed by atoms with Crippen LogP contribution in [0.3, 0.4) is 0 Å².